The fraction of sp³-hybridized carbons (Fsp3) is 0.433. The van der Waals surface area contributed by atoms with E-state index in [0.717, 1.165) is 38.1 Å². The van der Waals surface area contributed by atoms with Gasteiger partial charge >= 0.3 is 6.09 Å². The van der Waals surface area contributed by atoms with Crippen LogP contribution in [0.15, 0.2) is 48.0 Å². The van der Waals surface area contributed by atoms with Crippen molar-refractivity contribution in [2.75, 3.05) is 26.7 Å². The van der Waals surface area contributed by atoms with E-state index < -0.39 is 60.8 Å². The number of carbonyl (C=O) groups excluding carboxylic acids is 1. The Hall–Kier alpha value is -3.62. The Morgan fingerprint density at radius 3 is 2.80 bits per heavy atom. The summed E-state index contributed by atoms with van der Waals surface area (Å²) in [7, 11) is 1.99. The van der Waals surface area contributed by atoms with Gasteiger partial charge in [0, 0.05) is 35.9 Å². The predicted molar refractivity (Wildman–Crippen MR) is 152 cm³/mol. The van der Waals surface area contributed by atoms with Crippen LogP contribution in [-0.4, -0.2) is 63.5 Å². The quantitative estimate of drug-likeness (QED) is 0.355. The number of amides is 1. The van der Waals surface area contributed by atoms with Gasteiger partial charge in [0.1, 0.15) is 12.4 Å². The Morgan fingerprint density at radius 1 is 1.24 bits per heavy atom. The van der Waals surface area contributed by atoms with Gasteiger partial charge in [-0.25, -0.2) is 18.6 Å². The number of piperidine rings is 1. The highest BCUT2D eigenvalue weighted by atomic mass is 32.2. The number of hydrogen-bond acceptors (Lipinski definition) is 7. The molecule has 11 heteroatoms. The first-order chi connectivity index (χ1) is 23.3. The lowest BCUT2D eigenvalue weighted by Gasteiger charge is -2.28. The summed E-state index contributed by atoms with van der Waals surface area (Å²) in [4.78, 5) is 22.4. The van der Waals surface area contributed by atoms with E-state index in [1.165, 1.54) is 29.2 Å². The van der Waals surface area contributed by atoms with Gasteiger partial charge in [0.05, 0.1) is 29.3 Å². The molecule has 0 radical (unpaired) electrons. The van der Waals surface area contributed by atoms with Gasteiger partial charge in [0.15, 0.2) is 23.3 Å². The normalized spacial score (nSPS) is 25.2. The number of halogens is 2. The van der Waals surface area contributed by atoms with Crippen LogP contribution in [0.1, 0.15) is 61.9 Å². The second-order valence-electron chi connectivity index (χ2n) is 9.16. The molecule has 41 heavy (non-hydrogen) atoms. The third kappa shape index (κ3) is 7.77. The largest absolute Gasteiger partial charge is 0.484 e. The number of likely N-dealkylation sites (tertiary alicyclic amines) is 1. The van der Waals surface area contributed by atoms with Crippen LogP contribution in [0.4, 0.5) is 13.6 Å². The molecule has 0 bridgehead atoms. The van der Waals surface area contributed by atoms with Crippen LogP contribution in [0.2, 0.25) is 0 Å². The minimum atomic E-state index is -3.40. The van der Waals surface area contributed by atoms with E-state index in [-0.39, 0.29) is 46.5 Å². The molecule has 1 N–H and O–H groups in total. The fourth-order valence-electron chi connectivity index (χ4n) is 4.13. The highest BCUT2D eigenvalue weighted by Gasteiger charge is 2.22. The lowest BCUT2D eigenvalue weighted by Crippen LogP contribution is -2.43. The molecular weight excluding hydrogens is 548 g/mol. The topological polar surface area (TPSA) is 81.5 Å². The summed E-state index contributed by atoms with van der Waals surface area (Å²) in [6.07, 6.45) is -8.58. The number of nitrogens with zero attached hydrogens (tertiary/aromatic N) is 4. The third-order valence-corrected chi connectivity index (χ3v) is 7.13. The summed E-state index contributed by atoms with van der Waals surface area (Å²) in [5.74, 6) is 2.51. The SMILES string of the molecule is [2H]C1([2H])C([2H])([2H])C([2H])([2H])C([2H])(Sc2ncc(COc3cc(F)c(C#CCOC(=O)NC4CCN(C)CC4)cc3F)n2-c2cccnc2)C1([2H])[2H]. The van der Waals surface area contributed by atoms with Crippen LogP contribution < -0.4 is 10.1 Å². The highest BCUT2D eigenvalue weighted by molar-refractivity contribution is 7.99. The fourth-order valence-corrected chi connectivity index (χ4v) is 4.94. The van der Waals surface area contributed by atoms with Crippen molar-refractivity contribution in [3.63, 3.8) is 0 Å². The summed E-state index contributed by atoms with van der Waals surface area (Å²) in [6.45, 7) is 0.877. The number of hydrogen-bond donors (Lipinski definition) is 1. The number of carbonyl (C=O) groups is 1. The van der Waals surface area contributed by atoms with E-state index in [9.17, 15) is 9.18 Å². The molecule has 0 spiro atoms. The van der Waals surface area contributed by atoms with Crippen molar-refractivity contribution in [3.05, 3.63) is 65.7 Å². The van der Waals surface area contributed by atoms with Gasteiger partial charge < -0.3 is 19.7 Å². The van der Waals surface area contributed by atoms with Gasteiger partial charge in [-0.05, 0) is 63.9 Å². The molecule has 3 heterocycles. The van der Waals surface area contributed by atoms with Crippen molar-refractivity contribution in [1.82, 2.24) is 24.8 Å². The van der Waals surface area contributed by atoms with Crippen molar-refractivity contribution in [3.8, 4) is 23.3 Å². The molecule has 1 saturated carbocycles. The minimum absolute atomic E-state index is 0.0157. The molecule has 216 valence electrons. The summed E-state index contributed by atoms with van der Waals surface area (Å²) in [5.41, 5.74) is 0.113. The van der Waals surface area contributed by atoms with E-state index >= 15 is 4.39 Å². The van der Waals surface area contributed by atoms with Gasteiger partial charge in [-0.3, -0.25) is 9.55 Å². The van der Waals surface area contributed by atoms with E-state index in [0.29, 0.717) is 0 Å². The number of thioether (sulfide) groups is 1. The van der Waals surface area contributed by atoms with E-state index in [2.05, 4.69) is 32.0 Å². The second kappa shape index (κ2) is 13.8. The van der Waals surface area contributed by atoms with Gasteiger partial charge in [-0.1, -0.05) is 36.3 Å². The number of pyridine rings is 1. The smallest absolute Gasteiger partial charge is 0.408 e. The molecule has 1 aliphatic heterocycles. The first-order valence-corrected chi connectivity index (χ1v) is 13.5. The molecule has 2 aliphatic rings. The third-order valence-electron chi connectivity index (χ3n) is 6.25. The van der Waals surface area contributed by atoms with Gasteiger partial charge in [0.25, 0.3) is 0 Å². The molecule has 2 fully saturated rings. The molecule has 2 aromatic heterocycles. The standard InChI is InChI=1S/C30H33F2N5O3S/c1-36-13-10-22(11-14-36)35-30(38)39-15-5-6-21-16-27(32)28(17-26(21)31)40-20-24-19-34-29(41-25-8-2-3-9-25)37(24)23-7-4-12-33-18-23/h4,7,12,16-19,22,25H,2-3,8-11,13-15,20H2,1H3,(H,35,38)/i2D2,3D2,8D2,9D2,25D. The number of benzene rings is 1. The summed E-state index contributed by atoms with van der Waals surface area (Å²) >= 11 is 0.182. The zero-order valence-electron chi connectivity index (χ0n) is 31.0. The summed E-state index contributed by atoms with van der Waals surface area (Å²) in [6, 6.07) is 4.66. The van der Waals surface area contributed by atoms with Crippen LogP contribution in [0.3, 0.4) is 0 Å². The van der Waals surface area contributed by atoms with E-state index in [4.69, 9.17) is 21.8 Å². The lowest BCUT2D eigenvalue weighted by atomic mass is 10.1. The zero-order chi connectivity index (χ0) is 36.7. The summed E-state index contributed by atoms with van der Waals surface area (Å²) in [5, 5.41) is -0.556. The minimum Gasteiger partial charge on any atom is -0.484 e. The van der Waals surface area contributed by atoms with Crippen molar-refractivity contribution in [1.29, 1.82) is 0 Å². The number of alkyl carbamates (subject to hydrolysis) is 1. The molecule has 0 atom stereocenters. The average molecular weight is 591 g/mol. The molecule has 1 saturated heterocycles. The zero-order valence-corrected chi connectivity index (χ0v) is 22.9. The van der Waals surface area contributed by atoms with Crippen LogP contribution >= 0.6 is 11.8 Å². The first-order valence-electron chi connectivity index (χ1n) is 17.2. The van der Waals surface area contributed by atoms with Gasteiger partial charge in [-0.15, -0.1) is 0 Å². The Kier molecular flexibility index (Phi) is 6.58. The lowest BCUT2D eigenvalue weighted by molar-refractivity contribution is 0.147. The van der Waals surface area contributed by atoms with Crippen molar-refractivity contribution in [2.24, 2.45) is 0 Å². The molecule has 1 aliphatic carbocycles. The average Bonchev–Trinajstić information content (AvgIpc) is 3.47. The maximum atomic E-state index is 15.1. The molecule has 3 aromatic rings. The Bertz CT molecular complexity index is 1770. The molecule has 1 aromatic carbocycles. The number of rotatable bonds is 8. The number of aromatic nitrogens is 3. The molecule has 0 unspecified atom stereocenters. The van der Waals surface area contributed by atoms with Crippen LogP contribution in [0.25, 0.3) is 5.69 Å². The number of imidazole rings is 1. The number of ether oxygens (including phenoxy) is 2. The Morgan fingerprint density at radius 2 is 2.05 bits per heavy atom. The highest BCUT2D eigenvalue weighted by Crippen LogP contribution is 2.35. The van der Waals surface area contributed by atoms with Crippen molar-refractivity contribution >= 4 is 17.9 Å². The monoisotopic (exact) mass is 590 g/mol. The van der Waals surface area contributed by atoms with Crippen molar-refractivity contribution < 1.29 is 35.4 Å². The van der Waals surface area contributed by atoms with Crippen LogP contribution in [0.5, 0.6) is 5.75 Å². The molecular formula is C30H33F2N5O3S. The molecule has 8 nitrogen and oxygen atoms in total. The Balaban J connectivity index is 1.32. The molecule has 1 amide bonds. The molecule has 5 rings (SSSR count). The predicted octanol–water partition coefficient (Wildman–Crippen LogP) is 5.33. The van der Waals surface area contributed by atoms with Crippen LogP contribution in [-0.2, 0) is 11.3 Å². The number of nitrogens with one attached hydrogen (secondary N) is 1. The van der Waals surface area contributed by atoms with E-state index in [1.807, 2.05) is 7.05 Å². The van der Waals surface area contributed by atoms with Crippen molar-refractivity contribution in [2.45, 2.75) is 61.4 Å². The van der Waals surface area contributed by atoms with Gasteiger partial charge in [-0.2, -0.15) is 0 Å². The summed E-state index contributed by atoms with van der Waals surface area (Å²) < 4.78 is 117. The van der Waals surface area contributed by atoms with E-state index in [1.54, 1.807) is 6.07 Å². The second-order valence-corrected chi connectivity index (χ2v) is 10.1. The first kappa shape index (κ1) is 19.5. The van der Waals surface area contributed by atoms with Gasteiger partial charge in [0.2, 0.25) is 0 Å². The Labute approximate surface area is 255 Å². The maximum absolute atomic E-state index is 15.1. The van der Waals surface area contributed by atoms with Crippen LogP contribution in [0, 0.1) is 23.5 Å². The maximum Gasteiger partial charge on any atom is 0.408 e.